The lowest BCUT2D eigenvalue weighted by Crippen LogP contribution is -2.61. The van der Waals surface area contributed by atoms with Gasteiger partial charge in [0.25, 0.3) is 0 Å². The van der Waals surface area contributed by atoms with Crippen molar-refractivity contribution in [1.29, 1.82) is 0 Å². The van der Waals surface area contributed by atoms with Gasteiger partial charge in [0.05, 0.1) is 0 Å². The van der Waals surface area contributed by atoms with E-state index >= 15 is 0 Å². The highest BCUT2D eigenvalue weighted by atomic mass is 15.1. The standard InChI is InChI=1S/C8H16N2/c1-10(2)8-4-6-3-7(5-8)9-6/h6-9H,3-5H2,1-2H3. The summed E-state index contributed by atoms with van der Waals surface area (Å²) in [5.74, 6) is 0. The van der Waals surface area contributed by atoms with E-state index in [0.717, 1.165) is 18.1 Å². The van der Waals surface area contributed by atoms with Crippen molar-refractivity contribution in [3.05, 3.63) is 0 Å². The van der Waals surface area contributed by atoms with Gasteiger partial charge in [0, 0.05) is 18.1 Å². The summed E-state index contributed by atoms with van der Waals surface area (Å²) in [6.45, 7) is 0. The summed E-state index contributed by atoms with van der Waals surface area (Å²) in [6, 6.07) is 2.56. The molecule has 2 heteroatoms. The van der Waals surface area contributed by atoms with Crippen molar-refractivity contribution in [3.63, 3.8) is 0 Å². The Morgan fingerprint density at radius 1 is 1.10 bits per heavy atom. The van der Waals surface area contributed by atoms with Crippen molar-refractivity contribution in [1.82, 2.24) is 10.2 Å². The first-order valence-corrected chi connectivity index (χ1v) is 4.18. The van der Waals surface area contributed by atoms with Gasteiger partial charge in [-0.05, 0) is 33.4 Å². The molecule has 2 heterocycles. The second kappa shape index (κ2) is 2.21. The lowest BCUT2D eigenvalue weighted by atomic mass is 9.79. The van der Waals surface area contributed by atoms with E-state index in [-0.39, 0.29) is 0 Å². The minimum atomic E-state index is 0.852. The third-order valence-electron chi connectivity index (χ3n) is 2.88. The first-order chi connectivity index (χ1) is 4.75. The van der Waals surface area contributed by atoms with E-state index < -0.39 is 0 Å². The van der Waals surface area contributed by atoms with Crippen molar-refractivity contribution < 1.29 is 0 Å². The highest BCUT2D eigenvalue weighted by molar-refractivity contribution is 4.99. The maximum atomic E-state index is 3.54. The first-order valence-electron chi connectivity index (χ1n) is 4.18. The number of hydrogen-bond acceptors (Lipinski definition) is 2. The van der Waals surface area contributed by atoms with Gasteiger partial charge in [-0.1, -0.05) is 0 Å². The van der Waals surface area contributed by atoms with E-state index in [1.165, 1.54) is 19.3 Å². The molecule has 1 N–H and O–H groups in total. The molecule has 2 unspecified atom stereocenters. The van der Waals surface area contributed by atoms with E-state index in [4.69, 9.17) is 0 Å². The summed E-state index contributed by atoms with van der Waals surface area (Å²) in [4.78, 5) is 2.36. The van der Waals surface area contributed by atoms with Crippen LogP contribution in [0.4, 0.5) is 0 Å². The molecule has 0 aromatic carbocycles. The fourth-order valence-electron chi connectivity index (χ4n) is 2.16. The van der Waals surface area contributed by atoms with E-state index in [0.29, 0.717) is 0 Å². The molecule has 1 saturated carbocycles. The van der Waals surface area contributed by atoms with Crippen molar-refractivity contribution in [2.45, 2.75) is 37.4 Å². The van der Waals surface area contributed by atoms with Gasteiger partial charge in [-0.2, -0.15) is 0 Å². The minimum absolute atomic E-state index is 0.852. The molecule has 0 spiro atoms. The molecule has 0 aromatic rings. The quantitative estimate of drug-likeness (QED) is 0.568. The molecule has 1 aliphatic carbocycles. The molecule has 2 atom stereocenters. The Hall–Kier alpha value is -0.0800. The Labute approximate surface area is 62.6 Å². The Bertz CT molecular complexity index is 117. The number of piperidine rings is 1. The zero-order valence-corrected chi connectivity index (χ0v) is 6.80. The number of rotatable bonds is 1. The van der Waals surface area contributed by atoms with Gasteiger partial charge in [-0.3, -0.25) is 0 Å². The molecule has 2 nitrogen and oxygen atoms in total. The van der Waals surface area contributed by atoms with E-state index in [1.807, 2.05) is 0 Å². The number of nitrogens with zero attached hydrogens (tertiary/aromatic N) is 1. The van der Waals surface area contributed by atoms with Gasteiger partial charge in [0.1, 0.15) is 0 Å². The lowest BCUT2D eigenvalue weighted by Gasteiger charge is -2.48. The van der Waals surface area contributed by atoms with Crippen LogP contribution in [0.1, 0.15) is 19.3 Å². The van der Waals surface area contributed by atoms with E-state index in [2.05, 4.69) is 24.3 Å². The number of fused-ring (bicyclic) bond motifs is 2. The van der Waals surface area contributed by atoms with Gasteiger partial charge in [-0.15, -0.1) is 0 Å². The van der Waals surface area contributed by atoms with E-state index in [9.17, 15) is 0 Å². The predicted octanol–water partition coefficient (Wildman–Crippen LogP) is 0.441. The second-order valence-electron chi connectivity index (χ2n) is 3.89. The van der Waals surface area contributed by atoms with Gasteiger partial charge in [-0.25, -0.2) is 0 Å². The minimum Gasteiger partial charge on any atom is -0.311 e. The van der Waals surface area contributed by atoms with Crippen LogP contribution in [-0.2, 0) is 0 Å². The van der Waals surface area contributed by atoms with Crippen LogP contribution in [0, 0.1) is 0 Å². The van der Waals surface area contributed by atoms with E-state index in [1.54, 1.807) is 0 Å². The average Bonchev–Trinajstić information content (AvgIpc) is 1.86. The molecule has 2 saturated heterocycles. The lowest BCUT2D eigenvalue weighted by molar-refractivity contribution is 0.0951. The van der Waals surface area contributed by atoms with Crippen molar-refractivity contribution >= 4 is 0 Å². The molecule has 3 rings (SSSR count). The van der Waals surface area contributed by atoms with Crippen molar-refractivity contribution in [2.75, 3.05) is 14.1 Å². The topological polar surface area (TPSA) is 15.3 Å². The maximum Gasteiger partial charge on any atom is 0.0119 e. The fourth-order valence-corrected chi connectivity index (χ4v) is 2.16. The molecular formula is C8H16N2. The summed E-state index contributed by atoms with van der Waals surface area (Å²) in [5.41, 5.74) is 0. The molecule has 0 radical (unpaired) electrons. The maximum absolute atomic E-state index is 3.54. The van der Waals surface area contributed by atoms with Gasteiger partial charge < -0.3 is 10.2 Å². The van der Waals surface area contributed by atoms with Crippen molar-refractivity contribution in [3.8, 4) is 0 Å². The third kappa shape index (κ3) is 0.956. The zero-order valence-electron chi connectivity index (χ0n) is 6.80. The molecule has 58 valence electrons. The summed E-state index contributed by atoms with van der Waals surface area (Å²) in [5, 5.41) is 3.54. The van der Waals surface area contributed by atoms with Gasteiger partial charge in [0.15, 0.2) is 0 Å². The molecular weight excluding hydrogens is 124 g/mol. The summed E-state index contributed by atoms with van der Waals surface area (Å²) in [6.07, 6.45) is 4.16. The monoisotopic (exact) mass is 140 g/mol. The van der Waals surface area contributed by atoms with Crippen LogP contribution in [-0.4, -0.2) is 37.1 Å². The van der Waals surface area contributed by atoms with Crippen LogP contribution < -0.4 is 5.32 Å². The highest BCUT2D eigenvalue weighted by Gasteiger charge is 2.37. The molecule has 2 bridgehead atoms. The summed E-state index contributed by atoms with van der Waals surface area (Å²) >= 11 is 0. The Morgan fingerprint density at radius 3 is 1.90 bits per heavy atom. The number of nitrogens with one attached hydrogen (secondary N) is 1. The van der Waals surface area contributed by atoms with Crippen LogP contribution in [0.5, 0.6) is 0 Å². The summed E-state index contributed by atoms with van der Waals surface area (Å²) in [7, 11) is 4.38. The first kappa shape index (κ1) is 6.62. The number of hydrogen-bond donors (Lipinski definition) is 1. The Morgan fingerprint density at radius 2 is 1.60 bits per heavy atom. The predicted molar refractivity (Wildman–Crippen MR) is 42.0 cm³/mol. The zero-order chi connectivity index (χ0) is 7.14. The van der Waals surface area contributed by atoms with Crippen LogP contribution in [0.3, 0.4) is 0 Å². The SMILES string of the molecule is CN(C)C1CC2CC(C1)N2. The van der Waals surface area contributed by atoms with Crippen LogP contribution in [0.25, 0.3) is 0 Å². The van der Waals surface area contributed by atoms with Crippen LogP contribution in [0.2, 0.25) is 0 Å². The summed E-state index contributed by atoms with van der Waals surface area (Å²) < 4.78 is 0. The smallest absolute Gasteiger partial charge is 0.0119 e. The molecule has 3 aliphatic rings. The van der Waals surface area contributed by atoms with Crippen molar-refractivity contribution in [2.24, 2.45) is 0 Å². The Balaban J connectivity index is 1.91. The third-order valence-corrected chi connectivity index (χ3v) is 2.88. The van der Waals surface area contributed by atoms with Crippen LogP contribution >= 0.6 is 0 Å². The van der Waals surface area contributed by atoms with Gasteiger partial charge in [0.2, 0.25) is 0 Å². The molecule has 3 fully saturated rings. The largest absolute Gasteiger partial charge is 0.311 e. The molecule has 2 aliphatic heterocycles. The molecule has 0 amide bonds. The normalized spacial score (nSPS) is 45.3. The Kier molecular flexibility index (Phi) is 1.46. The second-order valence-corrected chi connectivity index (χ2v) is 3.89. The fraction of sp³-hybridized carbons (Fsp3) is 1.00. The average molecular weight is 140 g/mol. The highest BCUT2D eigenvalue weighted by Crippen LogP contribution is 2.30. The molecule has 0 aromatic heterocycles. The van der Waals surface area contributed by atoms with Gasteiger partial charge >= 0.3 is 0 Å². The molecule has 10 heavy (non-hydrogen) atoms. The van der Waals surface area contributed by atoms with Crippen LogP contribution in [0.15, 0.2) is 0 Å².